The highest BCUT2D eigenvalue weighted by atomic mass is 79.9. The lowest BCUT2D eigenvalue weighted by molar-refractivity contribution is 0.00583. The van der Waals surface area contributed by atoms with Gasteiger partial charge in [-0.2, -0.15) is 0 Å². The van der Waals surface area contributed by atoms with Crippen LogP contribution >= 0.6 is 27.5 Å². The number of hydrogen-bond donors (Lipinski definition) is 1. The van der Waals surface area contributed by atoms with E-state index in [9.17, 15) is 4.79 Å². The number of benzene rings is 1. The smallest absolute Gasteiger partial charge is 0.255 e. The molecule has 1 saturated heterocycles. The summed E-state index contributed by atoms with van der Waals surface area (Å²) in [5, 5.41) is 9.64. The summed E-state index contributed by atoms with van der Waals surface area (Å²) in [6.07, 6.45) is -0.382. The number of halogens is 2. The number of aliphatic hydroxyl groups excluding tert-OH is 1. The molecule has 0 aromatic heterocycles. The zero-order valence-electron chi connectivity index (χ0n) is 7.78. The maximum absolute atomic E-state index is 11.9. The number of aliphatic hydroxyl groups is 1. The summed E-state index contributed by atoms with van der Waals surface area (Å²) in [6, 6.07) is 5.08. The lowest BCUT2D eigenvalue weighted by Gasteiger charge is -2.36. The van der Waals surface area contributed by atoms with Crippen LogP contribution in [0.4, 0.5) is 0 Å². The SMILES string of the molecule is O=C(c1cc(Cl)ccc1Br)N1CC(O)C1. The van der Waals surface area contributed by atoms with Crippen LogP contribution in [0.25, 0.3) is 0 Å². The molecule has 1 fully saturated rings. The summed E-state index contributed by atoms with van der Waals surface area (Å²) in [4.78, 5) is 13.5. The molecule has 2 rings (SSSR count). The van der Waals surface area contributed by atoms with E-state index >= 15 is 0 Å². The second-order valence-electron chi connectivity index (χ2n) is 3.49. The van der Waals surface area contributed by atoms with Crippen molar-refractivity contribution < 1.29 is 9.90 Å². The Balaban J connectivity index is 2.22. The third kappa shape index (κ3) is 2.17. The molecule has 0 atom stereocenters. The van der Waals surface area contributed by atoms with Gasteiger partial charge in [-0.25, -0.2) is 0 Å². The fourth-order valence-electron chi connectivity index (χ4n) is 1.45. The summed E-state index contributed by atoms with van der Waals surface area (Å²) < 4.78 is 0.721. The number of carbonyl (C=O) groups excluding carboxylic acids is 1. The number of carbonyl (C=O) groups is 1. The van der Waals surface area contributed by atoms with Crippen molar-refractivity contribution in [1.82, 2.24) is 4.90 Å². The molecule has 1 N–H and O–H groups in total. The maximum Gasteiger partial charge on any atom is 0.255 e. The Morgan fingerprint density at radius 3 is 2.80 bits per heavy atom. The van der Waals surface area contributed by atoms with Crippen molar-refractivity contribution in [1.29, 1.82) is 0 Å². The molecule has 3 nitrogen and oxygen atoms in total. The van der Waals surface area contributed by atoms with E-state index in [1.807, 2.05) is 0 Å². The van der Waals surface area contributed by atoms with Gasteiger partial charge in [0.05, 0.1) is 11.7 Å². The highest BCUT2D eigenvalue weighted by Crippen LogP contribution is 2.24. The minimum absolute atomic E-state index is 0.102. The fraction of sp³-hybridized carbons (Fsp3) is 0.300. The summed E-state index contributed by atoms with van der Waals surface area (Å²) in [7, 11) is 0. The van der Waals surface area contributed by atoms with E-state index in [1.165, 1.54) is 0 Å². The predicted molar refractivity (Wildman–Crippen MR) is 61.1 cm³/mol. The lowest BCUT2D eigenvalue weighted by Crippen LogP contribution is -2.53. The quantitative estimate of drug-likeness (QED) is 0.858. The first-order valence-electron chi connectivity index (χ1n) is 4.50. The Hall–Kier alpha value is -0.580. The molecule has 1 aliphatic heterocycles. The molecule has 0 radical (unpaired) electrons. The van der Waals surface area contributed by atoms with Gasteiger partial charge < -0.3 is 10.0 Å². The van der Waals surface area contributed by atoms with Gasteiger partial charge in [-0.1, -0.05) is 11.6 Å². The van der Waals surface area contributed by atoms with Crippen LogP contribution in [0.1, 0.15) is 10.4 Å². The van der Waals surface area contributed by atoms with Crippen molar-refractivity contribution in [3.63, 3.8) is 0 Å². The summed E-state index contributed by atoms with van der Waals surface area (Å²) in [5.41, 5.74) is 0.536. The van der Waals surface area contributed by atoms with E-state index in [1.54, 1.807) is 23.1 Å². The molecule has 15 heavy (non-hydrogen) atoms. The topological polar surface area (TPSA) is 40.5 Å². The van der Waals surface area contributed by atoms with E-state index in [0.29, 0.717) is 23.7 Å². The average molecular weight is 291 g/mol. The molecule has 0 aliphatic carbocycles. The van der Waals surface area contributed by atoms with Crippen molar-refractivity contribution in [2.75, 3.05) is 13.1 Å². The average Bonchev–Trinajstić information content (AvgIpc) is 2.16. The van der Waals surface area contributed by atoms with E-state index in [0.717, 1.165) is 4.47 Å². The maximum atomic E-state index is 11.9. The van der Waals surface area contributed by atoms with E-state index in [2.05, 4.69) is 15.9 Å². The number of amides is 1. The van der Waals surface area contributed by atoms with Gasteiger partial charge >= 0.3 is 0 Å². The Labute approximate surface area is 101 Å². The summed E-state index contributed by atoms with van der Waals surface area (Å²) in [5.74, 6) is -0.102. The Morgan fingerprint density at radius 1 is 1.53 bits per heavy atom. The largest absolute Gasteiger partial charge is 0.389 e. The van der Waals surface area contributed by atoms with Crippen LogP contribution in [0.3, 0.4) is 0 Å². The Kier molecular flexibility index (Phi) is 3.00. The van der Waals surface area contributed by atoms with Gasteiger partial charge in [-0.15, -0.1) is 0 Å². The number of rotatable bonds is 1. The molecule has 0 saturated carbocycles. The zero-order valence-corrected chi connectivity index (χ0v) is 10.1. The number of nitrogens with zero attached hydrogens (tertiary/aromatic N) is 1. The normalized spacial score (nSPS) is 16.3. The Bertz CT molecular complexity index is 404. The molecule has 0 bridgehead atoms. The van der Waals surface area contributed by atoms with Crippen LogP contribution < -0.4 is 0 Å². The van der Waals surface area contributed by atoms with Crippen molar-refractivity contribution in [2.24, 2.45) is 0 Å². The Morgan fingerprint density at radius 2 is 2.20 bits per heavy atom. The third-order valence-corrected chi connectivity index (χ3v) is 3.23. The summed E-state index contributed by atoms with van der Waals surface area (Å²) >= 11 is 9.11. The minimum Gasteiger partial charge on any atom is -0.389 e. The highest BCUT2D eigenvalue weighted by molar-refractivity contribution is 9.10. The van der Waals surface area contributed by atoms with Gasteiger partial charge in [-0.3, -0.25) is 4.79 Å². The van der Waals surface area contributed by atoms with E-state index in [4.69, 9.17) is 16.7 Å². The predicted octanol–water partition coefficient (Wildman–Crippen LogP) is 1.92. The second-order valence-corrected chi connectivity index (χ2v) is 4.78. The van der Waals surface area contributed by atoms with Gasteiger partial charge in [0.2, 0.25) is 0 Å². The molecule has 1 amide bonds. The molecule has 1 heterocycles. The first-order chi connectivity index (χ1) is 7.08. The molecule has 0 unspecified atom stereocenters. The first kappa shape index (κ1) is 10.9. The molecule has 1 aliphatic rings. The monoisotopic (exact) mass is 289 g/mol. The molecule has 80 valence electrons. The number of β-amino-alcohol motifs (C(OH)–C–C–N with tert-alkyl or cyclic N) is 1. The zero-order chi connectivity index (χ0) is 11.0. The van der Waals surface area contributed by atoms with Crippen LogP contribution in [0.15, 0.2) is 22.7 Å². The van der Waals surface area contributed by atoms with Gasteiger partial charge in [0, 0.05) is 22.6 Å². The number of likely N-dealkylation sites (tertiary alicyclic amines) is 1. The van der Waals surface area contributed by atoms with Crippen molar-refractivity contribution >= 4 is 33.4 Å². The number of hydrogen-bond acceptors (Lipinski definition) is 2. The molecule has 0 spiro atoms. The highest BCUT2D eigenvalue weighted by Gasteiger charge is 2.30. The van der Waals surface area contributed by atoms with Gasteiger partial charge in [0.1, 0.15) is 0 Å². The van der Waals surface area contributed by atoms with Crippen LogP contribution in [0.5, 0.6) is 0 Å². The van der Waals surface area contributed by atoms with Crippen molar-refractivity contribution in [2.45, 2.75) is 6.10 Å². The molecule has 1 aromatic rings. The lowest BCUT2D eigenvalue weighted by atomic mass is 10.1. The van der Waals surface area contributed by atoms with Crippen LogP contribution in [-0.2, 0) is 0 Å². The summed E-state index contributed by atoms with van der Waals surface area (Å²) in [6.45, 7) is 0.801. The van der Waals surface area contributed by atoms with E-state index < -0.39 is 0 Å². The minimum atomic E-state index is -0.382. The fourth-order valence-corrected chi connectivity index (χ4v) is 2.04. The van der Waals surface area contributed by atoms with Crippen molar-refractivity contribution in [3.8, 4) is 0 Å². The van der Waals surface area contributed by atoms with E-state index in [-0.39, 0.29) is 12.0 Å². The van der Waals surface area contributed by atoms with Crippen LogP contribution in [-0.4, -0.2) is 35.1 Å². The van der Waals surface area contributed by atoms with Crippen LogP contribution in [0.2, 0.25) is 5.02 Å². The van der Waals surface area contributed by atoms with Gasteiger partial charge in [-0.05, 0) is 34.1 Å². The van der Waals surface area contributed by atoms with Crippen LogP contribution in [0, 0.1) is 0 Å². The molecular formula is C10H9BrClNO2. The molecule has 1 aromatic carbocycles. The molecular weight excluding hydrogens is 281 g/mol. The third-order valence-electron chi connectivity index (χ3n) is 2.31. The van der Waals surface area contributed by atoms with Gasteiger partial charge in [0.15, 0.2) is 0 Å². The first-order valence-corrected chi connectivity index (χ1v) is 5.67. The van der Waals surface area contributed by atoms with Crippen molar-refractivity contribution in [3.05, 3.63) is 33.3 Å². The second kappa shape index (κ2) is 4.12. The molecule has 5 heteroatoms. The standard InChI is InChI=1S/C10H9BrClNO2/c11-9-2-1-6(12)3-8(9)10(15)13-4-7(14)5-13/h1-3,7,14H,4-5H2. The van der Waals surface area contributed by atoms with Gasteiger partial charge in [0.25, 0.3) is 5.91 Å².